The fourth-order valence-corrected chi connectivity index (χ4v) is 4.77. The molecule has 0 radical (unpaired) electrons. The lowest BCUT2D eigenvalue weighted by Gasteiger charge is -2.16. The van der Waals surface area contributed by atoms with E-state index in [4.69, 9.17) is 0 Å². The molecule has 0 fully saturated rings. The summed E-state index contributed by atoms with van der Waals surface area (Å²) in [4.78, 5) is 24.9. The number of aromatic nitrogens is 2. The highest BCUT2D eigenvalue weighted by Crippen LogP contribution is 2.31. The van der Waals surface area contributed by atoms with Gasteiger partial charge in [-0.25, -0.2) is 0 Å². The van der Waals surface area contributed by atoms with Gasteiger partial charge in [-0.3, -0.25) is 14.9 Å². The van der Waals surface area contributed by atoms with E-state index in [-0.39, 0.29) is 17.1 Å². The van der Waals surface area contributed by atoms with Gasteiger partial charge in [-0.2, -0.15) is 0 Å². The molecule has 0 aliphatic rings. The second kappa shape index (κ2) is 10.9. The Labute approximate surface area is 190 Å². The second-order valence-corrected chi connectivity index (χ2v) is 9.30. The van der Waals surface area contributed by atoms with Gasteiger partial charge in [0.1, 0.15) is 0 Å². The predicted octanol–water partition coefficient (Wildman–Crippen LogP) is 5.32. The van der Waals surface area contributed by atoms with Gasteiger partial charge in [-0.1, -0.05) is 78.6 Å². The molecule has 1 atom stereocenters. The summed E-state index contributed by atoms with van der Waals surface area (Å²) >= 11 is 2.60. The average molecular weight is 453 g/mol. The van der Waals surface area contributed by atoms with Crippen molar-refractivity contribution in [2.24, 2.45) is 0 Å². The molecule has 1 aromatic heterocycles. The first-order valence-electron chi connectivity index (χ1n) is 9.87. The maximum Gasteiger partial charge on any atom is 0.250 e. The van der Waals surface area contributed by atoms with Gasteiger partial charge in [0.15, 0.2) is 4.34 Å². The molecule has 31 heavy (non-hydrogen) atoms. The third-order valence-corrected chi connectivity index (χ3v) is 6.79. The number of benzene rings is 2. The Morgan fingerprint density at radius 2 is 1.74 bits per heavy atom. The second-order valence-electron chi connectivity index (χ2n) is 6.88. The molecule has 0 bridgehead atoms. The Bertz CT molecular complexity index is 1060. The smallest absolute Gasteiger partial charge is 0.250 e. The lowest BCUT2D eigenvalue weighted by atomic mass is 10.1. The number of aryl methyl sites for hydroxylation is 2. The number of anilines is 2. The minimum Gasteiger partial charge on any atom is -0.325 e. The van der Waals surface area contributed by atoms with Crippen LogP contribution in [0, 0.1) is 13.8 Å². The highest BCUT2D eigenvalue weighted by Gasteiger charge is 2.21. The van der Waals surface area contributed by atoms with Gasteiger partial charge in [-0.05, 0) is 43.0 Å². The first-order valence-corrected chi connectivity index (χ1v) is 11.6. The molecule has 0 aliphatic carbocycles. The van der Waals surface area contributed by atoms with Crippen molar-refractivity contribution < 1.29 is 9.59 Å². The monoisotopic (exact) mass is 452 g/mol. The first-order chi connectivity index (χ1) is 15.0. The largest absolute Gasteiger partial charge is 0.325 e. The van der Waals surface area contributed by atoms with Gasteiger partial charge < -0.3 is 5.32 Å². The molecule has 0 spiro atoms. The highest BCUT2D eigenvalue weighted by molar-refractivity contribution is 8.02. The summed E-state index contributed by atoms with van der Waals surface area (Å²) in [6.45, 7) is 5.91. The molecular weight excluding hydrogens is 428 g/mol. The molecule has 160 valence electrons. The van der Waals surface area contributed by atoms with Gasteiger partial charge in [0.2, 0.25) is 16.9 Å². The molecule has 3 aromatic rings. The molecule has 3 rings (SSSR count). The Balaban J connectivity index is 1.59. The average Bonchev–Trinajstić information content (AvgIpc) is 3.20. The van der Waals surface area contributed by atoms with Crippen LogP contribution < -0.4 is 10.6 Å². The van der Waals surface area contributed by atoms with E-state index in [1.54, 1.807) is 6.08 Å². The quantitative estimate of drug-likeness (QED) is 0.275. The fourth-order valence-electron chi connectivity index (χ4n) is 2.85. The lowest BCUT2D eigenvalue weighted by molar-refractivity contribution is -0.115. The SMILES string of the molecule is CCC(Sc1nnc(NC(=O)C=Cc2ccccc2)s1)C(=O)Nc1c(C)cccc1C. The molecule has 2 N–H and O–H groups in total. The van der Waals surface area contributed by atoms with E-state index in [1.165, 1.54) is 29.2 Å². The number of carbonyl (C=O) groups excluding carboxylic acids is 2. The van der Waals surface area contributed by atoms with Crippen LogP contribution in [-0.2, 0) is 9.59 Å². The zero-order valence-corrected chi connectivity index (χ0v) is 19.2. The Morgan fingerprint density at radius 3 is 2.42 bits per heavy atom. The summed E-state index contributed by atoms with van der Waals surface area (Å²) in [5, 5.41) is 14.0. The summed E-state index contributed by atoms with van der Waals surface area (Å²) in [6, 6.07) is 15.5. The van der Waals surface area contributed by atoms with Crippen molar-refractivity contribution in [2.75, 3.05) is 10.6 Å². The van der Waals surface area contributed by atoms with Crippen LogP contribution in [-0.4, -0.2) is 27.3 Å². The Hall–Kier alpha value is -2.97. The number of carbonyl (C=O) groups is 2. The molecule has 2 amide bonds. The summed E-state index contributed by atoms with van der Waals surface area (Å²) in [6.07, 6.45) is 3.83. The van der Waals surface area contributed by atoms with Crippen LogP contribution in [0.5, 0.6) is 0 Å². The molecule has 8 heteroatoms. The van der Waals surface area contributed by atoms with Gasteiger partial charge in [-0.15, -0.1) is 10.2 Å². The summed E-state index contributed by atoms with van der Waals surface area (Å²) < 4.78 is 0.630. The third kappa shape index (κ3) is 6.50. The van der Waals surface area contributed by atoms with E-state index >= 15 is 0 Å². The van der Waals surface area contributed by atoms with E-state index in [0.717, 1.165) is 22.4 Å². The number of hydrogen-bond acceptors (Lipinski definition) is 6. The molecule has 0 saturated heterocycles. The van der Waals surface area contributed by atoms with Crippen LogP contribution >= 0.6 is 23.1 Å². The van der Waals surface area contributed by atoms with E-state index < -0.39 is 0 Å². The predicted molar refractivity (Wildman–Crippen MR) is 128 cm³/mol. The van der Waals surface area contributed by atoms with Crippen LogP contribution in [0.2, 0.25) is 0 Å². The van der Waals surface area contributed by atoms with Crippen molar-refractivity contribution in [3.63, 3.8) is 0 Å². The molecular formula is C23H24N4O2S2. The van der Waals surface area contributed by atoms with Crippen LogP contribution in [0.3, 0.4) is 0 Å². The Kier molecular flexibility index (Phi) is 7.97. The highest BCUT2D eigenvalue weighted by atomic mass is 32.2. The fraction of sp³-hybridized carbons (Fsp3) is 0.217. The number of thioether (sulfide) groups is 1. The molecule has 6 nitrogen and oxygen atoms in total. The minimum absolute atomic E-state index is 0.0727. The first kappa shape index (κ1) is 22.7. The topological polar surface area (TPSA) is 84.0 Å². The molecule has 1 unspecified atom stereocenters. The lowest BCUT2D eigenvalue weighted by Crippen LogP contribution is -2.25. The van der Waals surface area contributed by atoms with E-state index in [0.29, 0.717) is 15.9 Å². The van der Waals surface area contributed by atoms with Gasteiger partial charge in [0.05, 0.1) is 5.25 Å². The number of nitrogens with one attached hydrogen (secondary N) is 2. The standard InChI is InChI=1S/C23H24N4O2S2/c1-4-18(21(29)25-20-15(2)9-8-10-16(20)3)30-23-27-26-22(31-23)24-19(28)14-13-17-11-6-5-7-12-17/h5-14,18H,4H2,1-3H3,(H,25,29)(H,24,26,28). The maximum atomic E-state index is 12.8. The van der Waals surface area contributed by atoms with Crippen LogP contribution in [0.25, 0.3) is 6.08 Å². The number of amides is 2. The van der Waals surface area contributed by atoms with E-state index in [2.05, 4.69) is 20.8 Å². The van der Waals surface area contributed by atoms with Crippen LogP contribution in [0.4, 0.5) is 10.8 Å². The molecule has 2 aromatic carbocycles. The summed E-state index contributed by atoms with van der Waals surface area (Å²) in [5.74, 6) is -0.354. The van der Waals surface area contributed by atoms with Crippen LogP contribution in [0.1, 0.15) is 30.0 Å². The minimum atomic E-state index is -0.312. The van der Waals surface area contributed by atoms with E-state index in [1.807, 2.05) is 69.3 Å². The van der Waals surface area contributed by atoms with Crippen molar-refractivity contribution in [1.29, 1.82) is 0 Å². The Morgan fingerprint density at radius 1 is 1.03 bits per heavy atom. The number of nitrogens with zero attached hydrogens (tertiary/aromatic N) is 2. The summed E-state index contributed by atoms with van der Waals surface area (Å²) in [7, 11) is 0. The van der Waals surface area contributed by atoms with Crippen molar-refractivity contribution >= 4 is 51.8 Å². The maximum absolute atomic E-state index is 12.8. The third-order valence-electron chi connectivity index (χ3n) is 4.50. The van der Waals surface area contributed by atoms with Gasteiger partial charge >= 0.3 is 0 Å². The van der Waals surface area contributed by atoms with Crippen molar-refractivity contribution in [1.82, 2.24) is 10.2 Å². The number of hydrogen-bond donors (Lipinski definition) is 2. The van der Waals surface area contributed by atoms with Crippen molar-refractivity contribution in [3.8, 4) is 0 Å². The zero-order valence-electron chi connectivity index (χ0n) is 17.6. The van der Waals surface area contributed by atoms with Crippen LogP contribution in [0.15, 0.2) is 58.9 Å². The van der Waals surface area contributed by atoms with E-state index in [9.17, 15) is 9.59 Å². The normalized spacial score (nSPS) is 12.0. The van der Waals surface area contributed by atoms with Gasteiger partial charge in [0.25, 0.3) is 0 Å². The molecule has 1 heterocycles. The molecule has 0 saturated carbocycles. The van der Waals surface area contributed by atoms with Crippen molar-refractivity contribution in [3.05, 3.63) is 71.3 Å². The summed E-state index contributed by atoms with van der Waals surface area (Å²) in [5.41, 5.74) is 3.84. The number of rotatable bonds is 8. The number of para-hydroxylation sites is 1. The van der Waals surface area contributed by atoms with Crippen molar-refractivity contribution in [2.45, 2.75) is 36.8 Å². The molecule has 0 aliphatic heterocycles. The zero-order chi connectivity index (χ0) is 22.2. The van der Waals surface area contributed by atoms with Gasteiger partial charge in [0, 0.05) is 11.8 Å².